The maximum atomic E-state index is 12.3. The average Bonchev–Trinajstić information content (AvgIpc) is 2.75. The quantitative estimate of drug-likeness (QED) is 0.873. The molecule has 2 aromatic heterocycles. The summed E-state index contributed by atoms with van der Waals surface area (Å²) in [5, 5.41) is 0. The van der Waals surface area contributed by atoms with Crippen molar-refractivity contribution in [3.63, 3.8) is 0 Å². The molecule has 112 valence electrons. The van der Waals surface area contributed by atoms with E-state index in [-0.39, 0.29) is 5.97 Å². The van der Waals surface area contributed by atoms with Crippen LogP contribution in [-0.4, -0.2) is 16.6 Å². The Morgan fingerprint density at radius 3 is 2.48 bits per heavy atom. The number of hydrogen-bond acceptors (Lipinski definition) is 5. The van der Waals surface area contributed by atoms with Crippen molar-refractivity contribution in [2.45, 2.75) is 39.7 Å². The second-order valence-electron chi connectivity index (χ2n) is 5.74. The molecule has 0 aliphatic rings. The second-order valence-corrected chi connectivity index (χ2v) is 6.76. The molecule has 21 heavy (non-hydrogen) atoms. The van der Waals surface area contributed by atoms with Gasteiger partial charge < -0.3 is 10.5 Å². The topological polar surface area (TPSA) is 65.2 Å². The Bertz CT molecular complexity index is 642. The number of aromatic nitrogens is 1. The zero-order valence-electron chi connectivity index (χ0n) is 12.8. The van der Waals surface area contributed by atoms with Crippen LogP contribution in [0.5, 0.6) is 0 Å². The molecule has 0 bridgehead atoms. The van der Waals surface area contributed by atoms with Gasteiger partial charge >= 0.3 is 5.97 Å². The highest BCUT2D eigenvalue weighted by atomic mass is 32.1. The first kappa shape index (κ1) is 15.5. The molecule has 2 rings (SSSR count). The molecule has 0 atom stereocenters. The van der Waals surface area contributed by atoms with Gasteiger partial charge in [-0.1, -0.05) is 6.92 Å². The fourth-order valence-corrected chi connectivity index (χ4v) is 3.24. The molecule has 4 nitrogen and oxygen atoms in total. The second kappa shape index (κ2) is 5.85. The van der Waals surface area contributed by atoms with E-state index in [9.17, 15) is 4.79 Å². The third kappa shape index (κ3) is 3.42. The Morgan fingerprint density at radius 1 is 1.33 bits per heavy atom. The minimum absolute atomic E-state index is 0.361. The summed E-state index contributed by atoms with van der Waals surface area (Å²) >= 11 is 1.39. The van der Waals surface area contributed by atoms with Gasteiger partial charge in [-0.2, -0.15) is 0 Å². The summed E-state index contributed by atoms with van der Waals surface area (Å²) in [6.45, 7) is 7.57. The van der Waals surface area contributed by atoms with E-state index in [1.807, 2.05) is 39.8 Å². The SMILES string of the molecule is CCc1c(-c2ccncc2)sc(C(=O)OC(C)(C)C)c1N. The summed E-state index contributed by atoms with van der Waals surface area (Å²) in [5.41, 5.74) is 8.18. The third-order valence-corrected chi connectivity index (χ3v) is 4.21. The number of pyridine rings is 1. The molecular weight excluding hydrogens is 284 g/mol. The van der Waals surface area contributed by atoms with Gasteiger partial charge in [0.2, 0.25) is 0 Å². The number of nitrogens with two attached hydrogens (primary N) is 1. The van der Waals surface area contributed by atoms with Crippen LogP contribution in [0.1, 0.15) is 42.9 Å². The van der Waals surface area contributed by atoms with Crippen molar-refractivity contribution in [3.05, 3.63) is 35.0 Å². The number of esters is 1. The van der Waals surface area contributed by atoms with Crippen molar-refractivity contribution >= 4 is 23.0 Å². The van der Waals surface area contributed by atoms with Crippen LogP contribution >= 0.6 is 11.3 Å². The lowest BCUT2D eigenvalue weighted by Gasteiger charge is -2.19. The van der Waals surface area contributed by atoms with Crippen molar-refractivity contribution in [1.29, 1.82) is 0 Å². The minimum Gasteiger partial charge on any atom is -0.456 e. The van der Waals surface area contributed by atoms with E-state index in [0.29, 0.717) is 10.6 Å². The zero-order valence-corrected chi connectivity index (χ0v) is 13.6. The molecule has 0 radical (unpaired) electrons. The molecule has 0 aliphatic carbocycles. The van der Waals surface area contributed by atoms with Crippen LogP contribution in [0.15, 0.2) is 24.5 Å². The lowest BCUT2D eigenvalue weighted by molar-refractivity contribution is 0.00763. The van der Waals surface area contributed by atoms with E-state index in [2.05, 4.69) is 4.98 Å². The molecule has 2 aromatic rings. The molecule has 0 saturated carbocycles. The van der Waals surface area contributed by atoms with Gasteiger partial charge in [0, 0.05) is 17.3 Å². The normalized spacial score (nSPS) is 11.4. The van der Waals surface area contributed by atoms with Gasteiger partial charge in [0.1, 0.15) is 10.5 Å². The first-order valence-electron chi connectivity index (χ1n) is 6.88. The van der Waals surface area contributed by atoms with E-state index in [4.69, 9.17) is 10.5 Å². The van der Waals surface area contributed by atoms with Gasteiger partial charge in [0.25, 0.3) is 0 Å². The van der Waals surface area contributed by atoms with Gasteiger partial charge in [-0.05, 0) is 50.5 Å². The zero-order chi connectivity index (χ0) is 15.6. The van der Waals surface area contributed by atoms with Crippen molar-refractivity contribution in [3.8, 4) is 10.4 Å². The molecule has 0 aliphatic heterocycles. The number of nitrogens with zero attached hydrogens (tertiary/aromatic N) is 1. The highest BCUT2D eigenvalue weighted by Crippen LogP contribution is 2.39. The Morgan fingerprint density at radius 2 is 1.95 bits per heavy atom. The lowest BCUT2D eigenvalue weighted by Crippen LogP contribution is -2.23. The molecule has 5 heteroatoms. The highest BCUT2D eigenvalue weighted by Gasteiger charge is 2.25. The van der Waals surface area contributed by atoms with E-state index in [1.54, 1.807) is 12.4 Å². The molecule has 0 aromatic carbocycles. The molecule has 2 heterocycles. The predicted molar refractivity (Wildman–Crippen MR) is 86.5 cm³/mol. The number of carbonyl (C=O) groups is 1. The number of ether oxygens (including phenoxy) is 1. The van der Waals surface area contributed by atoms with Crippen LogP contribution in [0, 0.1) is 0 Å². The number of thiophene rings is 1. The minimum atomic E-state index is -0.531. The summed E-state index contributed by atoms with van der Waals surface area (Å²) < 4.78 is 5.43. The van der Waals surface area contributed by atoms with Gasteiger partial charge in [0.15, 0.2) is 0 Å². The average molecular weight is 304 g/mol. The van der Waals surface area contributed by atoms with E-state index in [0.717, 1.165) is 22.4 Å². The van der Waals surface area contributed by atoms with Crippen molar-refractivity contribution in [2.24, 2.45) is 0 Å². The lowest BCUT2D eigenvalue weighted by atomic mass is 10.1. The first-order valence-corrected chi connectivity index (χ1v) is 7.70. The Hall–Kier alpha value is -1.88. The summed E-state index contributed by atoms with van der Waals surface area (Å²) in [4.78, 5) is 17.8. The third-order valence-electron chi connectivity index (χ3n) is 2.93. The summed E-state index contributed by atoms with van der Waals surface area (Å²) in [6.07, 6.45) is 4.23. The molecule has 0 unspecified atom stereocenters. The van der Waals surface area contributed by atoms with E-state index < -0.39 is 5.60 Å². The molecule has 0 amide bonds. The molecule has 0 saturated heterocycles. The Balaban J connectivity index is 2.46. The van der Waals surface area contributed by atoms with E-state index >= 15 is 0 Å². The monoisotopic (exact) mass is 304 g/mol. The maximum Gasteiger partial charge on any atom is 0.351 e. The number of anilines is 1. The van der Waals surface area contributed by atoms with Crippen molar-refractivity contribution in [2.75, 3.05) is 5.73 Å². The number of rotatable bonds is 3. The first-order chi connectivity index (χ1) is 9.83. The Labute approximate surface area is 129 Å². The molecule has 0 spiro atoms. The Kier molecular flexibility index (Phi) is 4.32. The summed E-state index contributed by atoms with van der Waals surface area (Å²) in [6, 6.07) is 3.84. The largest absolute Gasteiger partial charge is 0.456 e. The van der Waals surface area contributed by atoms with Gasteiger partial charge in [-0.25, -0.2) is 4.79 Å². The number of hydrogen-bond donors (Lipinski definition) is 1. The molecule has 0 fully saturated rings. The standard InChI is InChI=1S/C16H20N2O2S/c1-5-11-12(17)14(15(19)20-16(2,3)4)21-13(11)10-6-8-18-9-7-10/h6-9H,5,17H2,1-4H3. The van der Waals surface area contributed by atoms with Crippen LogP contribution < -0.4 is 5.73 Å². The summed E-state index contributed by atoms with van der Waals surface area (Å²) in [5.74, 6) is -0.361. The van der Waals surface area contributed by atoms with Gasteiger partial charge in [0.05, 0.1) is 5.69 Å². The van der Waals surface area contributed by atoms with Crippen LogP contribution in [-0.2, 0) is 11.2 Å². The van der Waals surface area contributed by atoms with Gasteiger partial charge in [-0.3, -0.25) is 4.98 Å². The van der Waals surface area contributed by atoms with Crippen LogP contribution in [0.2, 0.25) is 0 Å². The smallest absolute Gasteiger partial charge is 0.351 e. The van der Waals surface area contributed by atoms with Gasteiger partial charge in [-0.15, -0.1) is 11.3 Å². The fraction of sp³-hybridized carbons (Fsp3) is 0.375. The molecule has 2 N–H and O–H groups in total. The highest BCUT2D eigenvalue weighted by molar-refractivity contribution is 7.18. The maximum absolute atomic E-state index is 12.3. The van der Waals surface area contributed by atoms with Crippen molar-refractivity contribution < 1.29 is 9.53 Å². The van der Waals surface area contributed by atoms with Crippen LogP contribution in [0.3, 0.4) is 0 Å². The van der Waals surface area contributed by atoms with Crippen LogP contribution in [0.4, 0.5) is 5.69 Å². The van der Waals surface area contributed by atoms with Crippen molar-refractivity contribution in [1.82, 2.24) is 4.98 Å². The van der Waals surface area contributed by atoms with E-state index in [1.165, 1.54) is 11.3 Å². The number of carbonyl (C=O) groups excluding carboxylic acids is 1. The predicted octanol–water partition coefficient (Wildman–Crippen LogP) is 3.91. The van der Waals surface area contributed by atoms with Crippen LogP contribution in [0.25, 0.3) is 10.4 Å². The molecular formula is C16H20N2O2S. The fourth-order valence-electron chi connectivity index (χ4n) is 2.04. The number of nitrogen functional groups attached to an aromatic ring is 1. The summed E-state index contributed by atoms with van der Waals surface area (Å²) in [7, 11) is 0.